The van der Waals surface area contributed by atoms with Gasteiger partial charge in [0.05, 0.1) is 6.42 Å². The third kappa shape index (κ3) is 3.48. The number of allylic oxidation sites excluding steroid dienone is 2. The molecule has 0 bridgehead atoms. The third-order valence-electron chi connectivity index (χ3n) is 4.64. The van der Waals surface area contributed by atoms with E-state index >= 15 is 0 Å². The summed E-state index contributed by atoms with van der Waals surface area (Å²) in [5, 5.41) is 4.07. The van der Waals surface area contributed by atoms with Crippen molar-refractivity contribution in [2.45, 2.75) is 25.7 Å². The molecular formula is C21H23N3O. The zero-order valence-electron chi connectivity index (χ0n) is 14.9. The Labute approximate surface area is 148 Å². The Morgan fingerprint density at radius 3 is 2.52 bits per heavy atom. The van der Waals surface area contributed by atoms with Gasteiger partial charge >= 0.3 is 0 Å². The van der Waals surface area contributed by atoms with Crippen molar-refractivity contribution < 1.29 is 4.79 Å². The SMILES string of the molecule is CN1/C(=C\C=N/NC(=O)Cc2ccccc2)C(C)(C)c2ccccc21. The van der Waals surface area contributed by atoms with Gasteiger partial charge in [0.2, 0.25) is 5.91 Å². The number of hydrogen-bond donors (Lipinski definition) is 1. The molecule has 2 aromatic rings. The predicted octanol–water partition coefficient (Wildman–Crippen LogP) is 3.64. The molecule has 128 valence electrons. The smallest absolute Gasteiger partial charge is 0.244 e. The summed E-state index contributed by atoms with van der Waals surface area (Å²) < 4.78 is 0. The average Bonchev–Trinajstić information content (AvgIpc) is 2.80. The molecule has 0 saturated heterocycles. The first-order valence-electron chi connectivity index (χ1n) is 8.40. The molecular weight excluding hydrogens is 310 g/mol. The number of anilines is 1. The number of carbonyl (C=O) groups excluding carboxylic acids is 1. The topological polar surface area (TPSA) is 44.7 Å². The Balaban J connectivity index is 1.66. The van der Waals surface area contributed by atoms with E-state index in [9.17, 15) is 4.79 Å². The van der Waals surface area contributed by atoms with E-state index in [2.05, 4.69) is 54.5 Å². The fraction of sp³-hybridized carbons (Fsp3) is 0.238. The van der Waals surface area contributed by atoms with Crippen molar-refractivity contribution in [3.05, 3.63) is 77.5 Å². The van der Waals surface area contributed by atoms with Gasteiger partial charge in [-0.3, -0.25) is 4.79 Å². The van der Waals surface area contributed by atoms with E-state index in [1.54, 1.807) is 6.21 Å². The molecule has 0 fully saturated rings. The van der Waals surface area contributed by atoms with E-state index in [0.717, 1.165) is 11.3 Å². The van der Waals surface area contributed by atoms with Gasteiger partial charge in [-0.15, -0.1) is 0 Å². The van der Waals surface area contributed by atoms with Crippen LogP contribution in [0.4, 0.5) is 5.69 Å². The second-order valence-corrected chi connectivity index (χ2v) is 6.73. The minimum Gasteiger partial charge on any atom is -0.347 e. The molecule has 0 atom stereocenters. The quantitative estimate of drug-likeness (QED) is 0.686. The van der Waals surface area contributed by atoms with Crippen LogP contribution in [0.5, 0.6) is 0 Å². The molecule has 1 N–H and O–H groups in total. The van der Waals surface area contributed by atoms with Gasteiger partial charge in [0, 0.05) is 30.1 Å². The molecule has 4 nitrogen and oxygen atoms in total. The number of likely N-dealkylation sites (N-methyl/N-ethyl adjacent to an activating group) is 1. The Kier molecular flexibility index (Phi) is 4.70. The summed E-state index contributed by atoms with van der Waals surface area (Å²) in [6, 6.07) is 18.0. The molecule has 2 aromatic carbocycles. The van der Waals surface area contributed by atoms with Gasteiger partial charge in [-0.2, -0.15) is 5.10 Å². The molecule has 0 saturated carbocycles. The second kappa shape index (κ2) is 6.93. The molecule has 1 heterocycles. The molecule has 4 heteroatoms. The lowest BCUT2D eigenvalue weighted by atomic mass is 9.84. The van der Waals surface area contributed by atoms with E-state index in [0.29, 0.717) is 6.42 Å². The monoisotopic (exact) mass is 333 g/mol. The van der Waals surface area contributed by atoms with Crippen LogP contribution >= 0.6 is 0 Å². The highest BCUT2D eigenvalue weighted by Gasteiger charge is 2.37. The van der Waals surface area contributed by atoms with Crippen LogP contribution < -0.4 is 10.3 Å². The number of amides is 1. The summed E-state index contributed by atoms with van der Waals surface area (Å²) in [6.45, 7) is 4.39. The highest BCUT2D eigenvalue weighted by molar-refractivity contribution is 5.82. The van der Waals surface area contributed by atoms with Gasteiger partial charge in [-0.25, -0.2) is 5.43 Å². The number of fused-ring (bicyclic) bond motifs is 1. The number of benzene rings is 2. The van der Waals surface area contributed by atoms with Crippen LogP contribution in [0.1, 0.15) is 25.0 Å². The van der Waals surface area contributed by atoms with Crippen molar-refractivity contribution >= 4 is 17.8 Å². The normalized spacial score (nSPS) is 17.1. The van der Waals surface area contributed by atoms with Crippen molar-refractivity contribution in [2.75, 3.05) is 11.9 Å². The summed E-state index contributed by atoms with van der Waals surface area (Å²) in [5.74, 6) is -0.122. The maximum Gasteiger partial charge on any atom is 0.244 e. The molecule has 1 aliphatic heterocycles. The van der Waals surface area contributed by atoms with Crippen LogP contribution in [-0.2, 0) is 16.6 Å². The maximum atomic E-state index is 11.9. The summed E-state index contributed by atoms with van der Waals surface area (Å²) in [4.78, 5) is 14.1. The molecule has 0 aliphatic carbocycles. The van der Waals surface area contributed by atoms with Crippen LogP contribution in [0.25, 0.3) is 0 Å². The molecule has 0 aromatic heterocycles. The Morgan fingerprint density at radius 1 is 1.12 bits per heavy atom. The lowest BCUT2D eigenvalue weighted by Gasteiger charge is -2.23. The zero-order chi connectivity index (χ0) is 17.9. The van der Waals surface area contributed by atoms with Crippen molar-refractivity contribution in [3.8, 4) is 0 Å². The first kappa shape index (κ1) is 17.0. The summed E-state index contributed by atoms with van der Waals surface area (Å²) >= 11 is 0. The van der Waals surface area contributed by atoms with Crippen LogP contribution in [0, 0.1) is 0 Å². The number of carbonyl (C=O) groups is 1. The first-order valence-corrected chi connectivity index (χ1v) is 8.40. The second-order valence-electron chi connectivity index (χ2n) is 6.73. The van der Waals surface area contributed by atoms with Crippen LogP contribution in [0.15, 0.2) is 71.5 Å². The fourth-order valence-electron chi connectivity index (χ4n) is 3.34. The highest BCUT2D eigenvalue weighted by Crippen LogP contribution is 2.46. The summed E-state index contributed by atoms with van der Waals surface area (Å²) in [7, 11) is 2.06. The molecule has 1 amide bonds. The van der Waals surface area contributed by atoms with Gasteiger partial charge in [0.1, 0.15) is 0 Å². The molecule has 0 spiro atoms. The lowest BCUT2D eigenvalue weighted by Crippen LogP contribution is -2.23. The number of nitrogens with zero attached hydrogens (tertiary/aromatic N) is 2. The number of hydrazone groups is 1. The Hall–Kier alpha value is -2.88. The molecule has 0 unspecified atom stereocenters. The highest BCUT2D eigenvalue weighted by atomic mass is 16.2. The van der Waals surface area contributed by atoms with Crippen molar-refractivity contribution in [1.29, 1.82) is 0 Å². The van der Waals surface area contributed by atoms with E-state index < -0.39 is 0 Å². The maximum absolute atomic E-state index is 11.9. The van der Waals surface area contributed by atoms with E-state index in [-0.39, 0.29) is 11.3 Å². The molecule has 0 radical (unpaired) electrons. The number of para-hydroxylation sites is 1. The van der Waals surface area contributed by atoms with Gasteiger partial charge < -0.3 is 4.90 Å². The van der Waals surface area contributed by atoms with Crippen LogP contribution in [0.2, 0.25) is 0 Å². The first-order chi connectivity index (χ1) is 12.0. The average molecular weight is 333 g/mol. The van der Waals surface area contributed by atoms with Crippen molar-refractivity contribution in [3.63, 3.8) is 0 Å². The van der Waals surface area contributed by atoms with Crippen LogP contribution in [-0.4, -0.2) is 19.2 Å². The Bertz CT molecular complexity index is 822. The largest absolute Gasteiger partial charge is 0.347 e. The van der Waals surface area contributed by atoms with E-state index in [1.165, 1.54) is 11.3 Å². The number of rotatable bonds is 4. The minimum absolute atomic E-state index is 0.0919. The molecule has 1 aliphatic rings. The van der Waals surface area contributed by atoms with Crippen molar-refractivity contribution in [2.24, 2.45) is 5.10 Å². The van der Waals surface area contributed by atoms with E-state index in [1.807, 2.05) is 42.5 Å². The molecule has 3 rings (SSSR count). The number of hydrogen-bond acceptors (Lipinski definition) is 3. The Morgan fingerprint density at radius 2 is 1.80 bits per heavy atom. The summed E-state index contributed by atoms with van der Waals surface area (Å²) in [6.07, 6.45) is 3.94. The number of nitrogens with one attached hydrogen (secondary N) is 1. The standard InChI is InChI=1S/C21H23N3O/c1-21(2)17-11-7-8-12-18(17)24(3)19(21)13-14-22-23-20(25)15-16-9-5-4-6-10-16/h4-14H,15H2,1-3H3,(H,23,25)/b19-13-,22-14-. The minimum atomic E-state index is -0.122. The van der Waals surface area contributed by atoms with Gasteiger partial charge in [0.15, 0.2) is 0 Å². The van der Waals surface area contributed by atoms with Crippen molar-refractivity contribution in [1.82, 2.24) is 5.43 Å². The third-order valence-corrected chi connectivity index (χ3v) is 4.64. The van der Waals surface area contributed by atoms with Gasteiger partial charge in [-0.05, 0) is 23.3 Å². The molecule has 25 heavy (non-hydrogen) atoms. The van der Waals surface area contributed by atoms with Crippen LogP contribution in [0.3, 0.4) is 0 Å². The van der Waals surface area contributed by atoms with E-state index in [4.69, 9.17) is 0 Å². The fourth-order valence-corrected chi connectivity index (χ4v) is 3.34. The zero-order valence-corrected chi connectivity index (χ0v) is 14.9. The summed E-state index contributed by atoms with van der Waals surface area (Å²) in [5.41, 5.74) is 7.12. The predicted molar refractivity (Wildman–Crippen MR) is 103 cm³/mol. The van der Waals surface area contributed by atoms with Gasteiger partial charge in [0.25, 0.3) is 0 Å². The van der Waals surface area contributed by atoms with Gasteiger partial charge in [-0.1, -0.05) is 62.4 Å². The lowest BCUT2D eigenvalue weighted by molar-refractivity contribution is -0.120.